The average Bonchev–Trinajstić information content (AvgIpc) is 3.33. The highest BCUT2D eigenvalue weighted by atomic mass is 16.4. The number of carbonyl (C=O) groups excluding carboxylic acids is 1. The molecule has 0 saturated heterocycles. The summed E-state index contributed by atoms with van der Waals surface area (Å²) in [5.74, 6) is 0.0181. The van der Waals surface area contributed by atoms with E-state index >= 15 is 0 Å². The highest BCUT2D eigenvalue weighted by Crippen LogP contribution is 2.31. The van der Waals surface area contributed by atoms with Gasteiger partial charge in [-0.2, -0.15) is 0 Å². The molecule has 7 rings (SSSR count). The van der Waals surface area contributed by atoms with Gasteiger partial charge in [-0.15, -0.1) is 0 Å². The smallest absolute Gasteiger partial charge is 0.344 e. The SMILES string of the molecule is Cc1cc2c(cc1C)[n+](CC(=O)c1ccc3ccccc3c1)cn2C(c1ccccc1)c1cc2ccccc2oc1=O. The minimum Gasteiger partial charge on any atom is -0.422 e. The van der Waals surface area contributed by atoms with E-state index in [1.807, 2.05) is 114 Å². The van der Waals surface area contributed by atoms with Gasteiger partial charge in [0.25, 0.3) is 0 Å². The minimum atomic E-state index is -0.464. The first kappa shape index (κ1) is 25.7. The largest absolute Gasteiger partial charge is 0.422 e. The topological polar surface area (TPSA) is 56.1 Å². The van der Waals surface area contributed by atoms with E-state index in [0.717, 1.165) is 43.9 Å². The molecular formula is C37H29N2O3+. The third-order valence-corrected chi connectivity index (χ3v) is 8.18. The molecule has 0 spiro atoms. The van der Waals surface area contributed by atoms with E-state index in [2.05, 4.69) is 30.5 Å². The van der Waals surface area contributed by atoms with E-state index in [4.69, 9.17) is 4.42 Å². The van der Waals surface area contributed by atoms with Gasteiger partial charge in [0, 0.05) is 16.5 Å². The maximum atomic E-state index is 13.7. The molecule has 2 aromatic heterocycles. The Labute approximate surface area is 242 Å². The van der Waals surface area contributed by atoms with E-state index in [1.54, 1.807) is 0 Å². The Kier molecular flexibility index (Phi) is 6.28. The number of fused-ring (bicyclic) bond motifs is 3. The Morgan fingerprint density at radius 2 is 1.45 bits per heavy atom. The molecule has 1 unspecified atom stereocenters. The molecule has 7 aromatic rings. The van der Waals surface area contributed by atoms with Crippen LogP contribution in [0.1, 0.15) is 38.7 Å². The molecule has 5 heteroatoms. The average molecular weight is 550 g/mol. The summed E-state index contributed by atoms with van der Waals surface area (Å²) in [6.07, 6.45) is 1.97. The second-order valence-corrected chi connectivity index (χ2v) is 10.9. The molecule has 0 radical (unpaired) electrons. The second-order valence-electron chi connectivity index (χ2n) is 10.9. The van der Waals surface area contributed by atoms with Crippen LogP contribution in [0.3, 0.4) is 0 Å². The molecular weight excluding hydrogens is 520 g/mol. The summed E-state index contributed by atoms with van der Waals surface area (Å²) in [6.45, 7) is 4.32. The summed E-state index contributed by atoms with van der Waals surface area (Å²) < 4.78 is 9.91. The maximum absolute atomic E-state index is 13.7. The van der Waals surface area contributed by atoms with Crippen molar-refractivity contribution in [2.75, 3.05) is 0 Å². The van der Waals surface area contributed by atoms with Gasteiger partial charge in [-0.3, -0.25) is 4.79 Å². The lowest BCUT2D eigenvalue weighted by atomic mass is 9.98. The molecule has 0 saturated carbocycles. The number of ketones is 1. The lowest BCUT2D eigenvalue weighted by Crippen LogP contribution is -2.37. The summed E-state index contributed by atoms with van der Waals surface area (Å²) in [5, 5.41) is 3.00. The summed E-state index contributed by atoms with van der Waals surface area (Å²) in [5.41, 5.74) is 6.45. The molecule has 1 atom stereocenters. The molecule has 42 heavy (non-hydrogen) atoms. The number of aryl methyl sites for hydroxylation is 2. The van der Waals surface area contributed by atoms with Crippen molar-refractivity contribution in [1.82, 2.24) is 4.57 Å². The van der Waals surface area contributed by atoms with Gasteiger partial charge in [0.1, 0.15) is 5.58 Å². The molecule has 0 aliphatic carbocycles. The molecule has 0 N–H and O–H groups in total. The van der Waals surface area contributed by atoms with Crippen molar-refractivity contribution >= 4 is 38.6 Å². The maximum Gasteiger partial charge on any atom is 0.344 e. The van der Waals surface area contributed by atoms with Crippen molar-refractivity contribution in [3.63, 3.8) is 0 Å². The van der Waals surface area contributed by atoms with Crippen LogP contribution in [0.25, 0.3) is 32.8 Å². The molecule has 5 nitrogen and oxygen atoms in total. The van der Waals surface area contributed by atoms with Gasteiger partial charge in [0.05, 0.1) is 5.56 Å². The summed E-state index contributed by atoms with van der Waals surface area (Å²) in [6, 6.07) is 37.2. The summed E-state index contributed by atoms with van der Waals surface area (Å²) >= 11 is 0. The number of aromatic nitrogens is 2. The minimum absolute atomic E-state index is 0.0181. The van der Waals surface area contributed by atoms with Crippen LogP contribution in [-0.4, -0.2) is 10.4 Å². The number of carbonyl (C=O) groups is 1. The lowest BCUT2D eigenvalue weighted by Gasteiger charge is -2.15. The van der Waals surface area contributed by atoms with Crippen molar-refractivity contribution in [3.05, 3.63) is 160 Å². The van der Waals surface area contributed by atoms with Crippen molar-refractivity contribution in [2.45, 2.75) is 26.4 Å². The van der Waals surface area contributed by atoms with Crippen LogP contribution in [0.15, 0.2) is 131 Å². The van der Waals surface area contributed by atoms with E-state index in [9.17, 15) is 9.59 Å². The van der Waals surface area contributed by atoms with Gasteiger partial charge >= 0.3 is 5.63 Å². The molecule has 5 aromatic carbocycles. The Morgan fingerprint density at radius 1 is 0.762 bits per heavy atom. The zero-order valence-corrected chi connectivity index (χ0v) is 23.5. The van der Waals surface area contributed by atoms with E-state index in [0.29, 0.717) is 16.7 Å². The summed E-state index contributed by atoms with van der Waals surface area (Å²) in [4.78, 5) is 27.2. The fraction of sp³-hybridized carbons (Fsp3) is 0.108. The van der Waals surface area contributed by atoms with Crippen LogP contribution >= 0.6 is 0 Å². The first-order chi connectivity index (χ1) is 20.5. The molecule has 0 aliphatic heterocycles. The Balaban J connectivity index is 1.41. The molecule has 0 bridgehead atoms. The van der Waals surface area contributed by atoms with Crippen LogP contribution in [0.2, 0.25) is 0 Å². The van der Waals surface area contributed by atoms with Crippen molar-refractivity contribution < 1.29 is 13.8 Å². The Morgan fingerprint density at radius 3 is 2.26 bits per heavy atom. The first-order valence-corrected chi connectivity index (χ1v) is 14.1. The molecule has 0 aliphatic rings. The van der Waals surface area contributed by atoms with Crippen LogP contribution in [-0.2, 0) is 6.54 Å². The van der Waals surface area contributed by atoms with E-state index < -0.39 is 6.04 Å². The highest BCUT2D eigenvalue weighted by molar-refractivity contribution is 5.99. The Bertz CT molecular complexity index is 2190. The van der Waals surface area contributed by atoms with Gasteiger partial charge in [0.15, 0.2) is 23.6 Å². The Hall–Kier alpha value is -5.29. The fourth-order valence-corrected chi connectivity index (χ4v) is 5.83. The number of hydrogen-bond acceptors (Lipinski definition) is 3. The standard InChI is InChI=1S/C37H29N2O3/c1-24-18-32-33(19-25(24)2)39(23-38(32)22-34(40)29-17-16-26-10-6-7-13-28(26)20-29)36(27-11-4-3-5-12-27)31-21-30-14-8-9-15-35(30)42-37(31)41/h3-21,23,36H,22H2,1-2H3/q+1. The zero-order chi connectivity index (χ0) is 28.8. The quantitative estimate of drug-likeness (QED) is 0.124. The lowest BCUT2D eigenvalue weighted by molar-refractivity contribution is -0.658. The van der Waals surface area contributed by atoms with Crippen molar-refractivity contribution in [3.8, 4) is 0 Å². The number of benzene rings is 5. The first-order valence-electron chi connectivity index (χ1n) is 14.1. The van der Waals surface area contributed by atoms with Crippen LogP contribution < -0.4 is 10.2 Å². The normalized spacial score (nSPS) is 12.2. The fourth-order valence-electron chi connectivity index (χ4n) is 5.83. The third-order valence-electron chi connectivity index (χ3n) is 8.18. The number of hydrogen-bond donors (Lipinski definition) is 0. The molecule has 2 heterocycles. The van der Waals surface area contributed by atoms with Crippen molar-refractivity contribution in [1.29, 1.82) is 0 Å². The van der Waals surface area contributed by atoms with Crippen molar-refractivity contribution in [2.24, 2.45) is 0 Å². The zero-order valence-electron chi connectivity index (χ0n) is 23.5. The van der Waals surface area contributed by atoms with Crippen LogP contribution in [0, 0.1) is 13.8 Å². The molecule has 0 amide bonds. The van der Waals surface area contributed by atoms with Gasteiger partial charge in [0.2, 0.25) is 12.1 Å². The second kappa shape index (κ2) is 10.3. The third kappa shape index (κ3) is 4.49. The van der Waals surface area contributed by atoms with Gasteiger partial charge < -0.3 is 4.42 Å². The molecule has 0 fully saturated rings. The van der Waals surface area contributed by atoms with Crippen LogP contribution in [0.5, 0.6) is 0 Å². The number of nitrogens with zero attached hydrogens (tertiary/aromatic N) is 2. The number of para-hydroxylation sites is 1. The van der Waals surface area contributed by atoms with E-state index in [1.165, 1.54) is 0 Å². The molecule has 204 valence electrons. The monoisotopic (exact) mass is 549 g/mol. The number of imidazole rings is 1. The predicted octanol–water partition coefficient (Wildman–Crippen LogP) is 7.33. The van der Waals surface area contributed by atoms with Gasteiger partial charge in [-0.25, -0.2) is 13.9 Å². The van der Waals surface area contributed by atoms with Gasteiger partial charge in [-0.05, 0) is 66.1 Å². The van der Waals surface area contributed by atoms with Crippen LogP contribution in [0.4, 0.5) is 0 Å². The van der Waals surface area contributed by atoms with E-state index in [-0.39, 0.29) is 18.0 Å². The van der Waals surface area contributed by atoms with Gasteiger partial charge in [-0.1, -0.05) is 84.9 Å². The highest BCUT2D eigenvalue weighted by Gasteiger charge is 2.30. The summed E-state index contributed by atoms with van der Waals surface area (Å²) in [7, 11) is 0. The number of Topliss-reactive ketones (excluding diaryl/α,β-unsaturated/α-hetero) is 1. The predicted molar refractivity (Wildman–Crippen MR) is 166 cm³/mol. The number of rotatable bonds is 6.